The van der Waals surface area contributed by atoms with E-state index in [1.165, 1.54) is 11.3 Å². The van der Waals surface area contributed by atoms with Crippen molar-refractivity contribution < 1.29 is 14.3 Å². The number of hydrogen-bond donors (Lipinski definition) is 1. The summed E-state index contributed by atoms with van der Waals surface area (Å²) >= 11 is 1.30. The largest absolute Gasteiger partial charge is 0.496 e. The summed E-state index contributed by atoms with van der Waals surface area (Å²) in [6.45, 7) is 3.76. The van der Waals surface area contributed by atoms with Gasteiger partial charge in [-0.1, -0.05) is 59.9 Å². The maximum absolute atomic E-state index is 14.1. The molecular formula is C30H25N3O4S. The molecule has 0 amide bonds. The first-order valence-electron chi connectivity index (χ1n) is 12.3. The number of rotatable bonds is 5. The predicted molar refractivity (Wildman–Crippen MR) is 149 cm³/mol. The Kier molecular flexibility index (Phi) is 5.96. The van der Waals surface area contributed by atoms with Crippen LogP contribution in [0.1, 0.15) is 31.0 Å². The number of H-pyrrole nitrogens is 1. The molecule has 0 fully saturated rings. The molecule has 0 saturated heterocycles. The highest BCUT2D eigenvalue weighted by Crippen LogP contribution is 2.40. The average Bonchev–Trinajstić information content (AvgIpc) is 3.47. The third-order valence-corrected chi connectivity index (χ3v) is 7.83. The number of aromatic nitrogens is 2. The fraction of sp³-hybridized carbons (Fsp3) is 0.167. The van der Waals surface area contributed by atoms with Gasteiger partial charge < -0.3 is 14.5 Å². The van der Waals surface area contributed by atoms with Gasteiger partial charge in [-0.15, -0.1) is 0 Å². The number of nitrogens with one attached hydrogen (secondary N) is 1. The maximum atomic E-state index is 14.1. The third-order valence-electron chi connectivity index (χ3n) is 6.85. The van der Waals surface area contributed by atoms with Crippen molar-refractivity contribution in [1.29, 1.82) is 0 Å². The molecule has 2 aromatic heterocycles. The topological polar surface area (TPSA) is 85.7 Å². The molecule has 1 atom stereocenters. The highest BCUT2D eigenvalue weighted by molar-refractivity contribution is 7.07. The van der Waals surface area contributed by atoms with Gasteiger partial charge in [0, 0.05) is 28.2 Å². The van der Waals surface area contributed by atoms with E-state index in [0.717, 1.165) is 32.8 Å². The zero-order valence-electron chi connectivity index (χ0n) is 21.1. The Hall–Kier alpha value is -4.43. The van der Waals surface area contributed by atoms with Crippen LogP contribution in [0, 0.1) is 0 Å². The fourth-order valence-corrected chi connectivity index (χ4v) is 6.19. The van der Waals surface area contributed by atoms with Crippen molar-refractivity contribution in [3.63, 3.8) is 0 Å². The van der Waals surface area contributed by atoms with E-state index in [0.29, 0.717) is 26.4 Å². The Labute approximate surface area is 222 Å². The molecule has 3 heterocycles. The Morgan fingerprint density at radius 1 is 1.11 bits per heavy atom. The minimum absolute atomic E-state index is 0.208. The van der Waals surface area contributed by atoms with Gasteiger partial charge in [-0.3, -0.25) is 9.36 Å². The van der Waals surface area contributed by atoms with E-state index in [1.54, 1.807) is 25.5 Å². The van der Waals surface area contributed by atoms with E-state index in [2.05, 4.69) is 4.98 Å². The van der Waals surface area contributed by atoms with Crippen molar-refractivity contribution in [3.8, 4) is 5.75 Å². The van der Waals surface area contributed by atoms with Crippen molar-refractivity contribution in [2.45, 2.75) is 19.9 Å². The summed E-state index contributed by atoms with van der Waals surface area (Å²) in [5.74, 6) is 0.0797. The lowest BCUT2D eigenvalue weighted by atomic mass is 9.90. The number of thiazole rings is 1. The molecule has 8 heteroatoms. The Morgan fingerprint density at radius 3 is 2.66 bits per heavy atom. The summed E-state index contributed by atoms with van der Waals surface area (Å²) < 4.78 is 13.4. The van der Waals surface area contributed by atoms with Crippen LogP contribution >= 0.6 is 11.3 Å². The molecular weight excluding hydrogens is 498 g/mol. The van der Waals surface area contributed by atoms with Crippen LogP contribution in [-0.2, 0) is 9.53 Å². The van der Waals surface area contributed by atoms with Crippen molar-refractivity contribution in [2.24, 2.45) is 4.99 Å². The molecule has 6 rings (SSSR count). The molecule has 1 unspecified atom stereocenters. The average molecular weight is 524 g/mol. The Morgan fingerprint density at radius 2 is 1.87 bits per heavy atom. The molecule has 5 aromatic rings. The Bertz CT molecular complexity index is 1940. The second-order valence-electron chi connectivity index (χ2n) is 8.99. The van der Waals surface area contributed by atoms with Gasteiger partial charge in [0.1, 0.15) is 11.8 Å². The summed E-state index contributed by atoms with van der Waals surface area (Å²) in [5.41, 5.74) is 3.24. The number of carbonyl (C=O) groups excluding carboxylic acids is 1. The van der Waals surface area contributed by atoms with E-state index in [-0.39, 0.29) is 12.2 Å². The van der Waals surface area contributed by atoms with Gasteiger partial charge in [-0.25, -0.2) is 9.79 Å². The van der Waals surface area contributed by atoms with Gasteiger partial charge in [-0.2, -0.15) is 0 Å². The van der Waals surface area contributed by atoms with E-state index >= 15 is 0 Å². The second kappa shape index (κ2) is 9.46. The predicted octanol–water partition coefficient (Wildman–Crippen LogP) is 4.44. The van der Waals surface area contributed by atoms with Gasteiger partial charge >= 0.3 is 5.97 Å². The van der Waals surface area contributed by atoms with E-state index in [9.17, 15) is 9.59 Å². The van der Waals surface area contributed by atoms with Gasteiger partial charge in [0.2, 0.25) is 0 Å². The summed E-state index contributed by atoms with van der Waals surface area (Å²) in [5, 5.41) is 2.88. The van der Waals surface area contributed by atoms with Crippen LogP contribution in [0.25, 0.3) is 27.8 Å². The number of benzene rings is 3. The molecule has 3 aromatic carbocycles. The van der Waals surface area contributed by atoms with Crippen LogP contribution in [0.3, 0.4) is 0 Å². The van der Waals surface area contributed by atoms with Gasteiger partial charge in [0.25, 0.3) is 5.56 Å². The number of carbonyl (C=O) groups is 1. The van der Waals surface area contributed by atoms with E-state index < -0.39 is 12.0 Å². The quantitative estimate of drug-likeness (QED) is 0.345. The number of methoxy groups -OCH3 is 1. The molecule has 0 saturated carbocycles. The number of nitrogens with zero attached hydrogens (tertiary/aromatic N) is 2. The Balaban J connectivity index is 1.67. The molecule has 1 aliphatic heterocycles. The SMILES string of the molecule is CCOC(=O)C1=C(C)N=c2s/c(=C/c3c[nH]c4ccccc34)c(=O)n2C1c1c(OC)ccc2ccccc12. The zero-order chi connectivity index (χ0) is 26.4. The monoisotopic (exact) mass is 523 g/mol. The lowest BCUT2D eigenvalue weighted by Gasteiger charge is -2.27. The summed E-state index contributed by atoms with van der Waals surface area (Å²) in [6.07, 6.45) is 3.77. The highest BCUT2D eigenvalue weighted by Gasteiger charge is 2.36. The zero-order valence-corrected chi connectivity index (χ0v) is 22.0. The highest BCUT2D eigenvalue weighted by atomic mass is 32.1. The number of ether oxygens (including phenoxy) is 2. The van der Waals surface area contributed by atoms with Crippen LogP contribution < -0.4 is 19.6 Å². The molecule has 0 radical (unpaired) electrons. The van der Waals surface area contributed by atoms with Crippen LogP contribution in [0.15, 0.2) is 87.9 Å². The third kappa shape index (κ3) is 3.76. The molecule has 1 aliphatic rings. The lowest BCUT2D eigenvalue weighted by Crippen LogP contribution is -2.40. The maximum Gasteiger partial charge on any atom is 0.338 e. The normalized spacial score (nSPS) is 15.6. The van der Waals surface area contributed by atoms with Crippen LogP contribution in [0.2, 0.25) is 0 Å². The number of allylic oxidation sites excluding steroid dienone is 1. The van der Waals surface area contributed by atoms with E-state index in [1.807, 2.05) is 72.9 Å². The summed E-state index contributed by atoms with van der Waals surface area (Å²) in [6, 6.07) is 18.9. The number of para-hydroxylation sites is 1. The van der Waals surface area contributed by atoms with E-state index in [4.69, 9.17) is 14.5 Å². The first-order valence-corrected chi connectivity index (χ1v) is 13.1. The van der Waals surface area contributed by atoms with Crippen molar-refractivity contribution in [1.82, 2.24) is 9.55 Å². The molecule has 0 spiro atoms. The van der Waals surface area contributed by atoms with Crippen molar-refractivity contribution in [2.75, 3.05) is 13.7 Å². The van der Waals surface area contributed by atoms with Crippen LogP contribution in [0.5, 0.6) is 5.75 Å². The second-order valence-corrected chi connectivity index (χ2v) is 10.0. The number of esters is 1. The molecule has 0 bridgehead atoms. The van der Waals surface area contributed by atoms with Crippen molar-refractivity contribution >= 4 is 45.1 Å². The number of aromatic amines is 1. The molecule has 38 heavy (non-hydrogen) atoms. The van der Waals surface area contributed by atoms with Crippen molar-refractivity contribution in [3.05, 3.63) is 109 Å². The van der Waals surface area contributed by atoms with Crippen LogP contribution in [0.4, 0.5) is 0 Å². The summed E-state index contributed by atoms with van der Waals surface area (Å²) in [4.78, 5) is 35.9. The van der Waals surface area contributed by atoms with Gasteiger partial charge in [0.05, 0.1) is 29.5 Å². The standard InChI is InChI=1S/C30H25N3O4S/c1-4-37-29(35)25-17(2)32-30-33(27(25)26-21-11-6-5-9-18(21)13-14-23(26)36-3)28(34)24(38-30)15-19-16-31-22-12-8-7-10-20(19)22/h5-16,27,31H,4H2,1-3H3/b24-15+. The van der Waals surface area contributed by atoms with Gasteiger partial charge in [-0.05, 0) is 42.8 Å². The number of fused-ring (bicyclic) bond motifs is 3. The molecule has 7 nitrogen and oxygen atoms in total. The first kappa shape index (κ1) is 23.9. The van der Waals surface area contributed by atoms with Gasteiger partial charge in [0.15, 0.2) is 4.80 Å². The fourth-order valence-electron chi connectivity index (χ4n) is 5.15. The van der Waals surface area contributed by atoms with Crippen LogP contribution in [-0.4, -0.2) is 29.2 Å². The number of hydrogen-bond acceptors (Lipinski definition) is 6. The molecule has 1 N–H and O–H groups in total. The smallest absolute Gasteiger partial charge is 0.338 e. The molecule has 190 valence electrons. The lowest BCUT2D eigenvalue weighted by molar-refractivity contribution is -0.139. The minimum atomic E-state index is -0.767. The summed E-state index contributed by atoms with van der Waals surface area (Å²) in [7, 11) is 1.59. The first-order chi connectivity index (χ1) is 18.5. The molecule has 0 aliphatic carbocycles. The minimum Gasteiger partial charge on any atom is -0.496 e.